The predicted molar refractivity (Wildman–Crippen MR) is 108 cm³/mol. The Morgan fingerprint density at radius 3 is 2.68 bits per heavy atom. The fourth-order valence-corrected chi connectivity index (χ4v) is 3.45. The molecule has 0 aliphatic heterocycles. The lowest BCUT2D eigenvalue weighted by Crippen LogP contribution is -2.24. The summed E-state index contributed by atoms with van der Waals surface area (Å²) in [7, 11) is 0. The average molecular weight is 393 g/mol. The van der Waals surface area contributed by atoms with Crippen molar-refractivity contribution in [3.8, 4) is 11.5 Å². The first-order valence-electron chi connectivity index (χ1n) is 8.88. The highest BCUT2D eigenvalue weighted by molar-refractivity contribution is 7.15. The van der Waals surface area contributed by atoms with E-state index in [-0.39, 0.29) is 5.91 Å². The molecule has 0 radical (unpaired) electrons. The Hall–Kier alpha value is -3.32. The van der Waals surface area contributed by atoms with E-state index in [9.17, 15) is 4.79 Å². The summed E-state index contributed by atoms with van der Waals surface area (Å²) in [6.45, 7) is 1.10. The molecule has 0 unspecified atom stereocenters. The van der Waals surface area contributed by atoms with Gasteiger partial charge in [-0.25, -0.2) is 4.98 Å². The molecule has 7 heteroatoms. The van der Waals surface area contributed by atoms with E-state index in [2.05, 4.69) is 10.3 Å². The summed E-state index contributed by atoms with van der Waals surface area (Å²) < 4.78 is 13.3. The number of aromatic nitrogens is 2. The molecule has 0 bridgehead atoms. The second kappa shape index (κ2) is 8.58. The van der Waals surface area contributed by atoms with Crippen LogP contribution in [0.25, 0.3) is 4.96 Å². The van der Waals surface area contributed by atoms with Gasteiger partial charge in [-0.05, 0) is 24.3 Å². The number of imidazole rings is 1. The zero-order valence-electron chi connectivity index (χ0n) is 15.1. The summed E-state index contributed by atoms with van der Waals surface area (Å²) in [5.74, 6) is 1.12. The molecule has 0 spiro atoms. The highest BCUT2D eigenvalue weighted by Gasteiger charge is 2.13. The zero-order valence-corrected chi connectivity index (χ0v) is 15.9. The molecule has 0 aliphatic rings. The Morgan fingerprint density at radius 1 is 1.04 bits per heavy atom. The number of carbonyl (C=O) groups is 1. The normalized spacial score (nSPS) is 10.7. The van der Waals surface area contributed by atoms with Crippen LogP contribution in [0.3, 0.4) is 0 Å². The quantitative estimate of drug-likeness (QED) is 0.463. The van der Waals surface area contributed by atoms with E-state index in [0.29, 0.717) is 31.1 Å². The summed E-state index contributed by atoms with van der Waals surface area (Å²) in [4.78, 5) is 18.0. The molecular formula is C21H19N3O3S. The molecule has 0 saturated heterocycles. The van der Waals surface area contributed by atoms with E-state index in [4.69, 9.17) is 9.47 Å². The van der Waals surface area contributed by atoms with Crippen LogP contribution in [-0.4, -0.2) is 28.5 Å². The van der Waals surface area contributed by atoms with Crippen LogP contribution < -0.4 is 14.8 Å². The van der Waals surface area contributed by atoms with Gasteiger partial charge in [-0.1, -0.05) is 30.3 Å². The first-order valence-corrected chi connectivity index (χ1v) is 9.76. The highest BCUT2D eigenvalue weighted by atomic mass is 32.1. The smallest absolute Gasteiger partial charge is 0.255 e. The van der Waals surface area contributed by atoms with Gasteiger partial charge in [-0.2, -0.15) is 0 Å². The Balaban J connectivity index is 1.32. The number of carbonyl (C=O) groups excluding carboxylic acids is 1. The highest BCUT2D eigenvalue weighted by Crippen LogP contribution is 2.18. The molecule has 28 heavy (non-hydrogen) atoms. The maximum Gasteiger partial charge on any atom is 0.255 e. The van der Waals surface area contributed by atoms with Gasteiger partial charge in [0.1, 0.15) is 24.7 Å². The van der Waals surface area contributed by atoms with Gasteiger partial charge >= 0.3 is 0 Å². The van der Waals surface area contributed by atoms with Gasteiger partial charge in [-0.3, -0.25) is 9.20 Å². The number of nitrogens with zero attached hydrogens (tertiary/aromatic N) is 2. The minimum absolute atomic E-state index is 0.198. The number of thiazole rings is 1. The maximum atomic E-state index is 12.6. The van der Waals surface area contributed by atoms with Crippen molar-refractivity contribution in [2.24, 2.45) is 0 Å². The van der Waals surface area contributed by atoms with E-state index in [0.717, 1.165) is 16.4 Å². The maximum absolute atomic E-state index is 12.6. The SMILES string of the molecule is O=C(NCc1cn2ccsc2n1)c1ccccc1OCCOc1ccccc1. The molecule has 4 aromatic rings. The number of para-hydroxylation sites is 2. The number of hydrogen-bond donors (Lipinski definition) is 1. The monoisotopic (exact) mass is 393 g/mol. The molecule has 0 fully saturated rings. The van der Waals surface area contributed by atoms with Crippen LogP contribution in [-0.2, 0) is 6.54 Å². The number of benzene rings is 2. The molecule has 2 aromatic heterocycles. The number of amides is 1. The van der Waals surface area contributed by atoms with Crippen molar-refractivity contribution in [1.29, 1.82) is 0 Å². The molecule has 0 atom stereocenters. The molecule has 6 nitrogen and oxygen atoms in total. The molecule has 0 aliphatic carbocycles. The van der Waals surface area contributed by atoms with Crippen LogP contribution >= 0.6 is 11.3 Å². The number of hydrogen-bond acceptors (Lipinski definition) is 5. The van der Waals surface area contributed by atoms with Crippen LogP contribution in [0.2, 0.25) is 0 Å². The first kappa shape index (κ1) is 18.1. The Bertz CT molecular complexity index is 1030. The first-order chi connectivity index (χ1) is 13.8. The molecule has 2 heterocycles. The topological polar surface area (TPSA) is 64.9 Å². The number of rotatable bonds is 8. The summed E-state index contributed by atoms with van der Waals surface area (Å²) in [5.41, 5.74) is 1.30. The van der Waals surface area contributed by atoms with E-state index in [1.807, 2.05) is 64.6 Å². The number of ether oxygens (including phenoxy) is 2. The fraction of sp³-hybridized carbons (Fsp3) is 0.143. The van der Waals surface area contributed by atoms with Crippen LogP contribution in [0.1, 0.15) is 16.1 Å². The van der Waals surface area contributed by atoms with Gasteiger partial charge in [0.2, 0.25) is 0 Å². The molecule has 0 saturated carbocycles. The van der Waals surface area contributed by atoms with Crippen molar-refractivity contribution < 1.29 is 14.3 Å². The second-order valence-electron chi connectivity index (χ2n) is 6.01. The third kappa shape index (κ3) is 4.32. The number of nitrogens with one attached hydrogen (secondary N) is 1. The van der Waals surface area contributed by atoms with Crippen molar-refractivity contribution >= 4 is 22.2 Å². The molecule has 1 N–H and O–H groups in total. The van der Waals surface area contributed by atoms with Gasteiger partial charge in [0.15, 0.2) is 4.96 Å². The lowest BCUT2D eigenvalue weighted by molar-refractivity contribution is 0.0945. The largest absolute Gasteiger partial charge is 0.490 e. The van der Waals surface area contributed by atoms with Crippen molar-refractivity contribution in [1.82, 2.24) is 14.7 Å². The van der Waals surface area contributed by atoms with Crippen molar-refractivity contribution in [3.63, 3.8) is 0 Å². The van der Waals surface area contributed by atoms with Gasteiger partial charge < -0.3 is 14.8 Å². The van der Waals surface area contributed by atoms with Crippen LogP contribution in [0.4, 0.5) is 0 Å². The van der Waals surface area contributed by atoms with Crippen LogP contribution in [0.5, 0.6) is 11.5 Å². The summed E-state index contributed by atoms with van der Waals surface area (Å²) in [6.07, 6.45) is 3.86. The van der Waals surface area contributed by atoms with E-state index in [1.165, 1.54) is 0 Å². The molecule has 2 aromatic carbocycles. The van der Waals surface area contributed by atoms with Gasteiger partial charge in [0, 0.05) is 17.8 Å². The van der Waals surface area contributed by atoms with E-state index < -0.39 is 0 Å². The van der Waals surface area contributed by atoms with Crippen molar-refractivity contribution in [2.75, 3.05) is 13.2 Å². The Morgan fingerprint density at radius 2 is 1.82 bits per heavy atom. The third-order valence-electron chi connectivity index (χ3n) is 4.06. The molecule has 142 valence electrons. The lowest BCUT2D eigenvalue weighted by Gasteiger charge is -2.12. The van der Waals surface area contributed by atoms with Crippen molar-refractivity contribution in [3.05, 3.63) is 83.6 Å². The Kier molecular flexibility index (Phi) is 5.53. The summed E-state index contributed by atoms with van der Waals surface area (Å²) in [6, 6.07) is 16.7. The van der Waals surface area contributed by atoms with Gasteiger partial charge in [0.25, 0.3) is 5.91 Å². The molecule has 1 amide bonds. The minimum atomic E-state index is -0.198. The van der Waals surface area contributed by atoms with Gasteiger partial charge in [-0.15, -0.1) is 11.3 Å². The van der Waals surface area contributed by atoms with Crippen molar-refractivity contribution in [2.45, 2.75) is 6.54 Å². The summed E-state index contributed by atoms with van der Waals surface area (Å²) >= 11 is 1.56. The van der Waals surface area contributed by atoms with E-state index >= 15 is 0 Å². The standard InChI is InChI=1S/C21H19N3O3S/c25-20(22-14-16-15-24-10-13-28-21(24)23-16)18-8-4-5-9-19(18)27-12-11-26-17-6-2-1-3-7-17/h1-10,13,15H,11-12,14H2,(H,22,25). The average Bonchev–Trinajstić information content (AvgIpc) is 3.32. The fourth-order valence-electron chi connectivity index (χ4n) is 2.74. The minimum Gasteiger partial charge on any atom is -0.490 e. The molecule has 4 rings (SSSR count). The number of fused-ring (bicyclic) bond motifs is 1. The zero-order chi connectivity index (χ0) is 19.2. The Labute approximate surface area is 166 Å². The summed E-state index contributed by atoms with van der Waals surface area (Å²) in [5, 5.41) is 4.87. The second-order valence-corrected chi connectivity index (χ2v) is 6.89. The predicted octanol–water partition coefficient (Wildman–Crippen LogP) is 3.78. The van der Waals surface area contributed by atoms with Gasteiger partial charge in [0.05, 0.1) is 17.8 Å². The van der Waals surface area contributed by atoms with E-state index in [1.54, 1.807) is 23.5 Å². The lowest BCUT2D eigenvalue weighted by atomic mass is 10.2. The van der Waals surface area contributed by atoms with Crippen LogP contribution in [0, 0.1) is 0 Å². The third-order valence-corrected chi connectivity index (χ3v) is 4.83. The molecular weight excluding hydrogens is 374 g/mol. The van der Waals surface area contributed by atoms with Crippen LogP contribution in [0.15, 0.2) is 72.4 Å².